The molecule has 0 bridgehead atoms. The number of carboxylic acids is 1. The Balaban J connectivity index is 2.06. The molecule has 128 valence electrons. The molecule has 0 saturated carbocycles. The van der Waals surface area contributed by atoms with Gasteiger partial charge in [0, 0.05) is 5.38 Å². The van der Waals surface area contributed by atoms with Crippen LogP contribution in [0.1, 0.15) is 10.4 Å². The topological polar surface area (TPSA) is 54.6 Å². The van der Waals surface area contributed by atoms with E-state index in [2.05, 4.69) is 4.99 Å². The smallest absolute Gasteiger partial charge is 0.335 e. The third kappa shape index (κ3) is 4.00. The van der Waals surface area contributed by atoms with Crippen molar-refractivity contribution in [1.82, 2.24) is 4.57 Å². The lowest BCUT2D eigenvalue weighted by Crippen LogP contribution is -2.20. The summed E-state index contributed by atoms with van der Waals surface area (Å²) in [6.45, 7) is -0.459. The number of carboxylic acid groups (broad SMARTS) is 1. The number of hydrogen-bond donors (Lipinski definition) is 1. The number of thiazole rings is 1. The maximum absolute atomic E-state index is 13.0. The van der Waals surface area contributed by atoms with E-state index in [-0.39, 0.29) is 5.56 Å². The molecule has 0 aliphatic heterocycles. The van der Waals surface area contributed by atoms with Crippen LogP contribution in [0.25, 0.3) is 11.3 Å². The molecule has 7 heteroatoms. The number of benzene rings is 2. The van der Waals surface area contributed by atoms with Gasteiger partial charge in [0.25, 0.3) is 6.43 Å². The Morgan fingerprint density at radius 1 is 1.12 bits per heavy atom. The van der Waals surface area contributed by atoms with Crippen LogP contribution in [-0.4, -0.2) is 22.1 Å². The molecule has 1 aromatic heterocycles. The second-order valence-corrected chi connectivity index (χ2v) is 6.07. The van der Waals surface area contributed by atoms with Crippen LogP contribution in [0, 0.1) is 0 Å². The molecule has 1 heterocycles. The highest BCUT2D eigenvalue weighted by Crippen LogP contribution is 2.21. The average molecular weight is 360 g/mol. The van der Waals surface area contributed by atoms with Gasteiger partial charge in [0.2, 0.25) is 0 Å². The number of rotatable bonds is 5. The van der Waals surface area contributed by atoms with Crippen molar-refractivity contribution in [1.29, 1.82) is 0 Å². The van der Waals surface area contributed by atoms with Crippen LogP contribution < -0.4 is 4.80 Å². The Bertz CT molecular complexity index is 932. The third-order valence-electron chi connectivity index (χ3n) is 3.53. The molecule has 3 rings (SSSR count). The van der Waals surface area contributed by atoms with Gasteiger partial charge in [-0.3, -0.25) is 0 Å². The normalized spacial score (nSPS) is 11.9. The van der Waals surface area contributed by atoms with Gasteiger partial charge in [0.05, 0.1) is 23.5 Å². The lowest BCUT2D eigenvalue weighted by atomic mass is 10.2. The summed E-state index contributed by atoms with van der Waals surface area (Å²) in [7, 11) is 0. The average Bonchev–Trinajstić information content (AvgIpc) is 2.98. The SMILES string of the molecule is O=C(O)c1ccc(/N=c2\scc(-c3ccccc3)n2CC(F)F)cc1. The Morgan fingerprint density at radius 2 is 1.80 bits per heavy atom. The van der Waals surface area contributed by atoms with Crippen molar-refractivity contribution >= 4 is 23.0 Å². The molecule has 2 aromatic carbocycles. The predicted molar refractivity (Wildman–Crippen MR) is 92.4 cm³/mol. The summed E-state index contributed by atoms with van der Waals surface area (Å²) >= 11 is 1.26. The Hall–Kier alpha value is -2.80. The number of alkyl halides is 2. The summed E-state index contributed by atoms with van der Waals surface area (Å²) in [5, 5.41) is 10.7. The van der Waals surface area contributed by atoms with Gasteiger partial charge in [0.15, 0.2) is 4.80 Å². The minimum absolute atomic E-state index is 0.149. The molecule has 25 heavy (non-hydrogen) atoms. The number of aromatic carboxylic acids is 1. The Labute approximate surface area is 146 Å². The first kappa shape index (κ1) is 17.0. The molecule has 0 saturated heterocycles. The first-order valence-electron chi connectivity index (χ1n) is 7.44. The molecule has 0 unspecified atom stereocenters. The van der Waals surface area contributed by atoms with Crippen LogP contribution in [0.4, 0.5) is 14.5 Å². The zero-order valence-corrected chi connectivity index (χ0v) is 13.8. The minimum Gasteiger partial charge on any atom is -0.478 e. The molecule has 0 spiro atoms. The second-order valence-electron chi connectivity index (χ2n) is 5.24. The minimum atomic E-state index is -2.51. The molecule has 1 N–H and O–H groups in total. The molecule has 4 nitrogen and oxygen atoms in total. The van der Waals surface area contributed by atoms with Crippen molar-refractivity contribution in [3.05, 3.63) is 70.3 Å². The summed E-state index contributed by atoms with van der Waals surface area (Å²) in [6, 6.07) is 15.3. The lowest BCUT2D eigenvalue weighted by molar-refractivity contribution is 0.0697. The Kier molecular flexibility index (Phi) is 5.04. The number of aromatic nitrogens is 1. The van der Waals surface area contributed by atoms with Crippen molar-refractivity contribution in [2.24, 2.45) is 4.99 Å². The maximum atomic E-state index is 13.0. The highest BCUT2D eigenvalue weighted by molar-refractivity contribution is 7.07. The largest absolute Gasteiger partial charge is 0.478 e. The molecule has 0 atom stereocenters. The van der Waals surface area contributed by atoms with E-state index in [4.69, 9.17) is 5.11 Å². The van der Waals surface area contributed by atoms with Gasteiger partial charge in [-0.15, -0.1) is 11.3 Å². The monoisotopic (exact) mass is 360 g/mol. The van der Waals surface area contributed by atoms with E-state index in [1.807, 2.05) is 30.3 Å². The van der Waals surface area contributed by atoms with Crippen molar-refractivity contribution in [2.45, 2.75) is 13.0 Å². The molecule has 0 fully saturated rings. The summed E-state index contributed by atoms with van der Waals surface area (Å²) in [6.07, 6.45) is -2.51. The van der Waals surface area contributed by atoms with E-state index < -0.39 is 18.9 Å². The standard InChI is InChI=1S/C18H14F2N2O2S/c19-16(20)10-22-15(12-4-2-1-3-5-12)11-25-18(22)21-14-8-6-13(7-9-14)17(23)24/h1-9,11,16H,10H2,(H,23,24)/b21-18-. The highest BCUT2D eigenvalue weighted by Gasteiger charge is 2.12. The van der Waals surface area contributed by atoms with E-state index in [0.717, 1.165) is 5.56 Å². The van der Waals surface area contributed by atoms with Crippen molar-refractivity contribution in [3.8, 4) is 11.3 Å². The molecule has 0 amide bonds. The first-order valence-corrected chi connectivity index (χ1v) is 8.32. The predicted octanol–water partition coefficient (Wildman–Crippen LogP) is 4.41. The fourth-order valence-electron chi connectivity index (χ4n) is 2.36. The molecule has 0 radical (unpaired) electrons. The van der Waals surface area contributed by atoms with Crippen LogP contribution in [-0.2, 0) is 6.54 Å². The number of nitrogens with zero attached hydrogens (tertiary/aromatic N) is 2. The Morgan fingerprint density at radius 3 is 2.40 bits per heavy atom. The highest BCUT2D eigenvalue weighted by atomic mass is 32.1. The summed E-state index contributed by atoms with van der Waals surface area (Å²) < 4.78 is 27.5. The zero-order valence-electron chi connectivity index (χ0n) is 13.0. The van der Waals surface area contributed by atoms with E-state index >= 15 is 0 Å². The van der Waals surface area contributed by atoms with Crippen LogP contribution in [0.2, 0.25) is 0 Å². The van der Waals surface area contributed by atoms with Gasteiger partial charge in [-0.25, -0.2) is 18.6 Å². The van der Waals surface area contributed by atoms with Crippen molar-refractivity contribution in [3.63, 3.8) is 0 Å². The van der Waals surface area contributed by atoms with Crippen LogP contribution in [0.3, 0.4) is 0 Å². The first-order chi connectivity index (χ1) is 12.0. The molecular weight excluding hydrogens is 346 g/mol. The molecular formula is C18H14F2N2O2S. The second kappa shape index (κ2) is 7.40. The van der Waals surface area contributed by atoms with E-state index in [9.17, 15) is 13.6 Å². The molecule has 0 aliphatic rings. The fraction of sp³-hybridized carbons (Fsp3) is 0.111. The van der Waals surface area contributed by atoms with Crippen LogP contribution in [0.5, 0.6) is 0 Å². The van der Waals surface area contributed by atoms with Gasteiger partial charge in [-0.2, -0.15) is 0 Å². The fourth-order valence-corrected chi connectivity index (χ4v) is 3.30. The maximum Gasteiger partial charge on any atom is 0.335 e. The lowest BCUT2D eigenvalue weighted by Gasteiger charge is -2.08. The van der Waals surface area contributed by atoms with E-state index in [1.165, 1.54) is 28.0 Å². The van der Waals surface area contributed by atoms with Crippen LogP contribution in [0.15, 0.2) is 65.0 Å². The van der Waals surface area contributed by atoms with Gasteiger partial charge in [-0.1, -0.05) is 30.3 Å². The molecule has 3 aromatic rings. The quantitative estimate of drug-likeness (QED) is 0.733. The zero-order chi connectivity index (χ0) is 17.8. The van der Waals surface area contributed by atoms with Gasteiger partial charge in [0.1, 0.15) is 0 Å². The number of halogens is 2. The summed E-state index contributed by atoms with van der Waals surface area (Å²) in [4.78, 5) is 15.7. The van der Waals surface area contributed by atoms with Crippen LogP contribution >= 0.6 is 11.3 Å². The van der Waals surface area contributed by atoms with Gasteiger partial charge >= 0.3 is 5.97 Å². The van der Waals surface area contributed by atoms with Gasteiger partial charge in [-0.05, 0) is 29.8 Å². The summed E-state index contributed by atoms with van der Waals surface area (Å²) in [5.41, 5.74) is 2.17. The third-order valence-corrected chi connectivity index (χ3v) is 4.39. The summed E-state index contributed by atoms with van der Waals surface area (Å²) in [5.74, 6) is -1.03. The van der Waals surface area contributed by atoms with E-state index in [0.29, 0.717) is 16.2 Å². The van der Waals surface area contributed by atoms with Gasteiger partial charge < -0.3 is 9.67 Å². The van der Waals surface area contributed by atoms with E-state index in [1.54, 1.807) is 17.5 Å². The number of hydrogen-bond acceptors (Lipinski definition) is 3. The number of carbonyl (C=O) groups is 1. The van der Waals surface area contributed by atoms with Crippen molar-refractivity contribution in [2.75, 3.05) is 0 Å². The molecule has 0 aliphatic carbocycles. The van der Waals surface area contributed by atoms with Crippen molar-refractivity contribution < 1.29 is 18.7 Å².